The first-order chi connectivity index (χ1) is 9.79. The average molecular weight is 310 g/mol. The van der Waals surface area contributed by atoms with Crippen LogP contribution >= 0.6 is 0 Å². The normalized spacial score (nSPS) is 11.1. The van der Waals surface area contributed by atoms with Crippen LogP contribution in [0.15, 0.2) is 47.4 Å². The lowest BCUT2D eigenvalue weighted by atomic mass is 10.2. The average Bonchev–Trinajstić information content (AvgIpc) is 2.41. The van der Waals surface area contributed by atoms with Gasteiger partial charge >= 0.3 is 0 Å². The van der Waals surface area contributed by atoms with Gasteiger partial charge in [0, 0.05) is 6.07 Å². The monoisotopic (exact) mass is 310 g/mol. The number of nitrogens with one attached hydrogen (secondary N) is 1. The first-order valence-corrected chi connectivity index (χ1v) is 7.31. The fourth-order valence-electron chi connectivity index (χ4n) is 1.62. The summed E-state index contributed by atoms with van der Waals surface area (Å²) in [5.74, 6) is -1.01. The van der Waals surface area contributed by atoms with Crippen LogP contribution in [0.2, 0.25) is 0 Å². The van der Waals surface area contributed by atoms with Crippen molar-refractivity contribution in [2.24, 2.45) is 0 Å². The second kappa shape index (κ2) is 5.49. The van der Waals surface area contributed by atoms with Gasteiger partial charge in [-0.25, -0.2) is 12.8 Å². The first kappa shape index (κ1) is 14.9. The number of sulfonamides is 1. The molecule has 0 aromatic heterocycles. The van der Waals surface area contributed by atoms with Crippen molar-refractivity contribution in [2.45, 2.75) is 11.8 Å². The van der Waals surface area contributed by atoms with Gasteiger partial charge in [-0.1, -0.05) is 17.7 Å². The lowest BCUT2D eigenvalue weighted by Gasteiger charge is -2.09. The molecule has 0 atom stereocenters. The van der Waals surface area contributed by atoms with E-state index in [1.54, 1.807) is 19.1 Å². The number of rotatable bonds is 4. The topological polar surface area (TPSA) is 89.3 Å². The molecule has 6 nitrogen and oxygen atoms in total. The van der Waals surface area contributed by atoms with E-state index >= 15 is 0 Å². The Balaban J connectivity index is 2.32. The Morgan fingerprint density at radius 1 is 1.14 bits per heavy atom. The molecule has 0 radical (unpaired) electrons. The molecule has 0 aliphatic carbocycles. The third kappa shape index (κ3) is 3.34. The van der Waals surface area contributed by atoms with Crippen LogP contribution in [0, 0.1) is 22.9 Å². The molecule has 110 valence electrons. The Morgan fingerprint density at radius 3 is 2.29 bits per heavy atom. The molecular formula is C13H11FN2O4S. The summed E-state index contributed by atoms with van der Waals surface area (Å²) >= 11 is 0. The maximum Gasteiger partial charge on any atom is 0.272 e. The molecule has 0 heterocycles. The van der Waals surface area contributed by atoms with Crippen LogP contribution in [0.1, 0.15) is 5.56 Å². The fraction of sp³-hybridized carbons (Fsp3) is 0.0769. The number of halogens is 1. The summed E-state index contributed by atoms with van der Waals surface area (Å²) < 4.78 is 39.9. The molecule has 0 fully saturated rings. The van der Waals surface area contributed by atoms with Crippen molar-refractivity contribution in [1.82, 2.24) is 0 Å². The summed E-state index contributed by atoms with van der Waals surface area (Å²) in [5.41, 5.74) is 0.0856. The number of nitro benzene ring substituents is 1. The number of nitro groups is 1. The van der Waals surface area contributed by atoms with E-state index in [1.807, 2.05) is 0 Å². The molecule has 0 amide bonds. The van der Waals surface area contributed by atoms with Gasteiger partial charge in [0.1, 0.15) is 0 Å². The van der Waals surface area contributed by atoms with Gasteiger partial charge < -0.3 is 0 Å². The third-order valence-corrected chi connectivity index (χ3v) is 4.12. The van der Waals surface area contributed by atoms with Crippen molar-refractivity contribution in [1.29, 1.82) is 0 Å². The van der Waals surface area contributed by atoms with E-state index < -0.39 is 26.5 Å². The summed E-state index contributed by atoms with van der Waals surface area (Å²) in [4.78, 5) is 9.72. The van der Waals surface area contributed by atoms with Gasteiger partial charge in [-0.2, -0.15) is 0 Å². The lowest BCUT2D eigenvalue weighted by Crippen LogP contribution is -2.14. The Morgan fingerprint density at radius 2 is 1.76 bits per heavy atom. The van der Waals surface area contributed by atoms with Gasteiger partial charge in [0.05, 0.1) is 21.6 Å². The Bertz CT molecular complexity index is 788. The number of non-ortho nitro benzene ring substituents is 1. The highest BCUT2D eigenvalue weighted by atomic mass is 32.2. The lowest BCUT2D eigenvalue weighted by molar-refractivity contribution is -0.385. The Hall–Kier alpha value is -2.48. The highest BCUT2D eigenvalue weighted by molar-refractivity contribution is 7.92. The first-order valence-electron chi connectivity index (χ1n) is 5.83. The minimum Gasteiger partial charge on any atom is -0.277 e. The number of anilines is 1. The molecule has 21 heavy (non-hydrogen) atoms. The molecule has 0 bridgehead atoms. The largest absolute Gasteiger partial charge is 0.277 e. The van der Waals surface area contributed by atoms with Crippen LogP contribution in [-0.2, 0) is 10.0 Å². The molecule has 2 rings (SSSR count). The van der Waals surface area contributed by atoms with Crippen molar-refractivity contribution < 1.29 is 17.7 Å². The zero-order chi connectivity index (χ0) is 15.6. The number of hydrogen-bond donors (Lipinski definition) is 1. The second-order valence-electron chi connectivity index (χ2n) is 4.34. The zero-order valence-corrected chi connectivity index (χ0v) is 11.7. The maximum atomic E-state index is 13.7. The van der Waals surface area contributed by atoms with E-state index in [4.69, 9.17) is 0 Å². The quantitative estimate of drug-likeness (QED) is 0.694. The number of benzene rings is 2. The molecule has 1 N–H and O–H groups in total. The van der Waals surface area contributed by atoms with Crippen LogP contribution in [0.5, 0.6) is 0 Å². The molecule has 0 spiro atoms. The number of aryl methyl sites for hydroxylation is 1. The Labute approximate surface area is 120 Å². The number of nitrogens with zero attached hydrogens (tertiary/aromatic N) is 1. The van der Waals surface area contributed by atoms with Crippen LogP contribution < -0.4 is 4.72 Å². The highest BCUT2D eigenvalue weighted by Gasteiger charge is 2.18. The summed E-state index contributed by atoms with van der Waals surface area (Å²) in [5, 5.41) is 10.5. The van der Waals surface area contributed by atoms with Crippen molar-refractivity contribution >= 4 is 21.4 Å². The van der Waals surface area contributed by atoms with Gasteiger partial charge in [0.15, 0.2) is 5.82 Å². The van der Waals surface area contributed by atoms with Gasteiger partial charge in [-0.15, -0.1) is 0 Å². The number of hydrogen-bond acceptors (Lipinski definition) is 4. The molecule has 0 aliphatic rings. The van der Waals surface area contributed by atoms with Crippen LogP contribution in [0.4, 0.5) is 15.8 Å². The van der Waals surface area contributed by atoms with Gasteiger partial charge in [-0.3, -0.25) is 14.8 Å². The minimum absolute atomic E-state index is 0.0224. The van der Waals surface area contributed by atoms with E-state index in [0.717, 1.165) is 17.7 Å². The van der Waals surface area contributed by atoms with Gasteiger partial charge in [-0.05, 0) is 25.1 Å². The van der Waals surface area contributed by atoms with E-state index in [0.29, 0.717) is 6.07 Å². The smallest absolute Gasteiger partial charge is 0.272 e. The summed E-state index contributed by atoms with van der Waals surface area (Å²) in [6.07, 6.45) is 0. The van der Waals surface area contributed by atoms with Gasteiger partial charge in [0.25, 0.3) is 15.7 Å². The molecule has 0 aliphatic heterocycles. The van der Waals surface area contributed by atoms with E-state index in [-0.39, 0.29) is 10.6 Å². The summed E-state index contributed by atoms with van der Waals surface area (Å²) in [6, 6.07) is 8.70. The standard InChI is InChI=1S/C13H11FN2O4S/c1-9-2-5-11(6-3-9)21(19,20)15-13-7-4-10(16(17)18)8-12(13)14/h2-8,15H,1H3. The highest BCUT2D eigenvalue weighted by Crippen LogP contribution is 2.23. The molecule has 8 heteroatoms. The molecule has 0 saturated heterocycles. The van der Waals surface area contributed by atoms with Crippen molar-refractivity contribution in [2.75, 3.05) is 4.72 Å². The van der Waals surface area contributed by atoms with E-state index in [9.17, 15) is 22.9 Å². The van der Waals surface area contributed by atoms with Crippen molar-refractivity contribution in [3.8, 4) is 0 Å². The summed E-state index contributed by atoms with van der Waals surface area (Å²) in [7, 11) is -3.95. The van der Waals surface area contributed by atoms with Crippen LogP contribution in [0.25, 0.3) is 0 Å². The van der Waals surface area contributed by atoms with Crippen LogP contribution in [0.3, 0.4) is 0 Å². The second-order valence-corrected chi connectivity index (χ2v) is 6.02. The molecule has 2 aromatic rings. The summed E-state index contributed by atoms with van der Waals surface area (Å²) in [6.45, 7) is 1.81. The predicted octanol–water partition coefficient (Wildman–Crippen LogP) is 2.84. The maximum absolute atomic E-state index is 13.7. The van der Waals surface area contributed by atoms with E-state index in [2.05, 4.69) is 4.72 Å². The van der Waals surface area contributed by atoms with Crippen molar-refractivity contribution in [3.05, 3.63) is 64.0 Å². The fourth-order valence-corrected chi connectivity index (χ4v) is 2.69. The molecule has 2 aromatic carbocycles. The molecule has 0 unspecified atom stereocenters. The zero-order valence-electron chi connectivity index (χ0n) is 10.9. The van der Waals surface area contributed by atoms with Crippen LogP contribution in [-0.4, -0.2) is 13.3 Å². The van der Waals surface area contributed by atoms with E-state index in [1.165, 1.54) is 12.1 Å². The van der Waals surface area contributed by atoms with Crippen molar-refractivity contribution in [3.63, 3.8) is 0 Å². The third-order valence-electron chi connectivity index (χ3n) is 2.74. The molecule has 0 saturated carbocycles. The van der Waals surface area contributed by atoms with Gasteiger partial charge in [0.2, 0.25) is 0 Å². The SMILES string of the molecule is Cc1ccc(S(=O)(=O)Nc2ccc([N+](=O)[O-])cc2F)cc1. The minimum atomic E-state index is -3.95. The Kier molecular flexibility index (Phi) is 3.90. The predicted molar refractivity (Wildman–Crippen MR) is 75.0 cm³/mol. The molecular weight excluding hydrogens is 299 g/mol.